The molecule has 2 aromatic carbocycles. The van der Waals surface area contributed by atoms with E-state index in [1.54, 1.807) is 24.1 Å². The zero-order valence-corrected chi connectivity index (χ0v) is 24.0. The Morgan fingerprint density at radius 3 is 2.41 bits per heavy atom. The van der Waals surface area contributed by atoms with Crippen molar-refractivity contribution in [2.75, 3.05) is 20.2 Å². The van der Waals surface area contributed by atoms with Crippen LogP contribution >= 0.6 is 0 Å². The first kappa shape index (κ1) is 27.7. The number of nitrogens with zero attached hydrogens (tertiary/aromatic N) is 3. The van der Waals surface area contributed by atoms with Crippen molar-refractivity contribution in [1.29, 1.82) is 0 Å². The number of fused-ring (bicyclic) bond motifs is 4. The maximum atomic E-state index is 13.7. The van der Waals surface area contributed by atoms with Crippen LogP contribution in [0.15, 0.2) is 42.5 Å². The third-order valence-corrected chi connectivity index (χ3v) is 9.74. The van der Waals surface area contributed by atoms with E-state index in [1.807, 2.05) is 49.1 Å². The van der Waals surface area contributed by atoms with E-state index < -0.39 is 23.7 Å². The van der Waals surface area contributed by atoms with Crippen LogP contribution in [-0.4, -0.2) is 93.4 Å². The summed E-state index contributed by atoms with van der Waals surface area (Å²) >= 11 is 0. The van der Waals surface area contributed by atoms with Gasteiger partial charge in [0, 0.05) is 55.4 Å². The van der Waals surface area contributed by atoms with Gasteiger partial charge >= 0.3 is 6.09 Å². The molecule has 2 aromatic rings. The Bertz CT molecular complexity index is 1360. The van der Waals surface area contributed by atoms with Crippen LogP contribution in [0.25, 0.3) is 0 Å². The van der Waals surface area contributed by atoms with Gasteiger partial charge in [-0.2, -0.15) is 0 Å². The van der Waals surface area contributed by atoms with Crippen molar-refractivity contribution in [3.05, 3.63) is 70.3 Å². The largest absolute Gasteiger partial charge is 0.465 e. The normalized spacial score (nSPS) is 27.3. The van der Waals surface area contributed by atoms with E-state index in [0.29, 0.717) is 24.1 Å². The number of amides is 3. The van der Waals surface area contributed by atoms with E-state index in [9.17, 15) is 24.6 Å². The van der Waals surface area contributed by atoms with Crippen molar-refractivity contribution < 1.29 is 29.3 Å². The molecular formula is C32H39N3O6. The lowest BCUT2D eigenvalue weighted by atomic mass is 9.77. The first-order valence-corrected chi connectivity index (χ1v) is 14.6. The number of methoxy groups -OCH3 is 1. The minimum absolute atomic E-state index is 0.0160. The van der Waals surface area contributed by atoms with Crippen molar-refractivity contribution >= 4 is 17.9 Å². The maximum Gasteiger partial charge on any atom is 0.407 e. The molecule has 0 radical (unpaired) electrons. The van der Waals surface area contributed by atoms with Crippen LogP contribution in [0, 0.1) is 0 Å². The molecular weight excluding hydrogens is 522 g/mol. The average Bonchev–Trinajstić information content (AvgIpc) is 3.22. The second-order valence-electron chi connectivity index (χ2n) is 12.8. The number of carbonyl (C=O) groups is 3. The molecule has 9 nitrogen and oxygen atoms in total. The smallest absolute Gasteiger partial charge is 0.407 e. The molecule has 4 aliphatic rings. The highest BCUT2D eigenvalue weighted by Crippen LogP contribution is 2.39. The topological polar surface area (TPSA) is 111 Å². The Morgan fingerprint density at radius 2 is 1.76 bits per heavy atom. The molecule has 2 saturated heterocycles. The SMILES string of the molecule is CO[C@@H]1C[C@H]2CC[C@@H](C1)N2C(=O)c1ccc2c(c1)C(C)(C)CN(CC(O)[C@@H]1Cc3ccccc3CN1C(=O)O)C2=O. The van der Waals surface area contributed by atoms with E-state index in [1.165, 1.54) is 4.90 Å². The van der Waals surface area contributed by atoms with Crippen molar-refractivity contribution in [3.63, 3.8) is 0 Å². The molecule has 6 rings (SSSR count). The number of hydrogen-bond donors (Lipinski definition) is 2. The molecule has 9 heteroatoms. The van der Waals surface area contributed by atoms with Crippen LogP contribution in [0.4, 0.5) is 4.79 Å². The maximum absolute atomic E-state index is 13.7. The van der Waals surface area contributed by atoms with Gasteiger partial charge in [0.2, 0.25) is 0 Å². The Labute approximate surface area is 240 Å². The van der Waals surface area contributed by atoms with Crippen LogP contribution in [0.1, 0.15) is 76.9 Å². The first-order chi connectivity index (χ1) is 19.6. The molecule has 4 heterocycles. The number of hydrogen-bond acceptors (Lipinski definition) is 5. The molecule has 0 aromatic heterocycles. The molecule has 0 aliphatic carbocycles. The van der Waals surface area contributed by atoms with Gasteiger partial charge in [-0.25, -0.2) is 4.79 Å². The van der Waals surface area contributed by atoms with Gasteiger partial charge in [0.1, 0.15) is 0 Å². The van der Waals surface area contributed by atoms with Crippen molar-refractivity contribution in [3.8, 4) is 0 Å². The predicted octanol–water partition coefficient (Wildman–Crippen LogP) is 3.67. The number of aliphatic hydroxyl groups is 1. The fourth-order valence-electron chi connectivity index (χ4n) is 7.62. The Morgan fingerprint density at radius 1 is 1.07 bits per heavy atom. The van der Waals surface area contributed by atoms with E-state index in [2.05, 4.69) is 0 Å². The minimum atomic E-state index is -1.09. The third kappa shape index (κ3) is 4.89. The lowest BCUT2D eigenvalue weighted by molar-refractivity contribution is 0.00808. The van der Waals surface area contributed by atoms with Crippen LogP contribution < -0.4 is 0 Å². The van der Waals surface area contributed by atoms with E-state index in [0.717, 1.165) is 42.4 Å². The lowest BCUT2D eigenvalue weighted by Gasteiger charge is -2.43. The summed E-state index contributed by atoms with van der Waals surface area (Å²) in [6, 6.07) is 12.8. The van der Waals surface area contributed by atoms with E-state index >= 15 is 0 Å². The molecule has 5 atom stereocenters. The first-order valence-electron chi connectivity index (χ1n) is 14.6. The highest BCUT2D eigenvalue weighted by atomic mass is 16.5. The fraction of sp³-hybridized carbons (Fsp3) is 0.531. The second kappa shape index (κ2) is 10.4. The summed E-state index contributed by atoms with van der Waals surface area (Å²) in [7, 11) is 1.74. The van der Waals surface area contributed by atoms with Gasteiger partial charge in [-0.3, -0.25) is 14.5 Å². The Balaban J connectivity index is 1.21. The van der Waals surface area contributed by atoms with Crippen molar-refractivity contribution in [1.82, 2.24) is 14.7 Å². The van der Waals surface area contributed by atoms with Crippen LogP contribution in [-0.2, 0) is 23.1 Å². The summed E-state index contributed by atoms with van der Waals surface area (Å²) in [5, 5.41) is 21.2. The number of benzene rings is 2. The fourth-order valence-corrected chi connectivity index (χ4v) is 7.62. The van der Waals surface area contributed by atoms with Gasteiger partial charge in [0.15, 0.2) is 0 Å². The standard InChI is InChI=1S/C32H39N3O6/c1-32(2)18-33(17-28(36)27-13-19-6-4-5-7-21(19)16-34(27)31(39)40)30(38)25-11-8-20(12-26(25)32)29(37)35-22-9-10-23(35)15-24(14-22)41-3/h4-8,11-12,22-24,27-28,36H,9-10,13-18H2,1-3H3,(H,39,40)/t22-,23+,24-,27-,28?/m0/s1. The van der Waals surface area contributed by atoms with Crippen molar-refractivity contribution in [2.45, 2.75) is 88.2 Å². The molecule has 2 N–H and O–H groups in total. The van der Waals surface area contributed by atoms with Gasteiger partial charge in [0.25, 0.3) is 11.8 Å². The number of rotatable bonds is 5. The summed E-state index contributed by atoms with van der Waals surface area (Å²) in [4.78, 5) is 44.4. The summed E-state index contributed by atoms with van der Waals surface area (Å²) in [5.74, 6) is -0.196. The van der Waals surface area contributed by atoms with Gasteiger partial charge < -0.3 is 24.7 Å². The Hall–Kier alpha value is -3.43. The number of carboxylic acid groups (broad SMARTS) is 1. The van der Waals surface area contributed by atoms with Gasteiger partial charge in [0.05, 0.1) is 18.2 Å². The zero-order valence-electron chi connectivity index (χ0n) is 24.0. The summed E-state index contributed by atoms with van der Waals surface area (Å²) in [6.07, 6.45) is 2.16. The average molecular weight is 562 g/mol. The second-order valence-corrected chi connectivity index (χ2v) is 12.8. The summed E-state index contributed by atoms with van der Waals surface area (Å²) < 4.78 is 5.60. The number of piperidine rings is 1. The quantitative estimate of drug-likeness (QED) is 0.577. The van der Waals surface area contributed by atoms with Crippen LogP contribution in [0.5, 0.6) is 0 Å². The third-order valence-electron chi connectivity index (χ3n) is 9.74. The zero-order chi connectivity index (χ0) is 29.1. The van der Waals surface area contributed by atoms with Crippen LogP contribution in [0.3, 0.4) is 0 Å². The molecule has 2 bridgehead atoms. The number of aliphatic hydroxyl groups excluding tert-OH is 1. The van der Waals surface area contributed by atoms with Gasteiger partial charge in [-0.1, -0.05) is 38.1 Å². The molecule has 4 aliphatic heterocycles. The molecule has 0 spiro atoms. The van der Waals surface area contributed by atoms with Crippen LogP contribution in [0.2, 0.25) is 0 Å². The van der Waals surface area contributed by atoms with Gasteiger partial charge in [-0.15, -0.1) is 0 Å². The summed E-state index contributed by atoms with van der Waals surface area (Å²) in [5.41, 5.74) is 3.44. The highest BCUT2D eigenvalue weighted by molar-refractivity contribution is 6.00. The van der Waals surface area contributed by atoms with E-state index in [4.69, 9.17) is 4.74 Å². The monoisotopic (exact) mass is 561 g/mol. The minimum Gasteiger partial charge on any atom is -0.465 e. The number of carbonyl (C=O) groups excluding carboxylic acids is 2. The predicted molar refractivity (Wildman–Crippen MR) is 152 cm³/mol. The summed E-state index contributed by atoms with van der Waals surface area (Å²) in [6.45, 7) is 4.67. The molecule has 41 heavy (non-hydrogen) atoms. The molecule has 1 unspecified atom stereocenters. The van der Waals surface area contributed by atoms with Gasteiger partial charge in [-0.05, 0) is 67.0 Å². The number of ether oxygens (including phenoxy) is 1. The van der Waals surface area contributed by atoms with Crippen molar-refractivity contribution in [2.24, 2.45) is 0 Å². The molecule has 2 fully saturated rings. The molecule has 218 valence electrons. The van der Waals surface area contributed by atoms with E-state index in [-0.39, 0.29) is 43.1 Å². The number of β-amino-alcohol motifs (C(OH)–C–C–N with tert-alkyl or cyclic N) is 1. The molecule has 0 saturated carbocycles. The molecule has 3 amide bonds. The highest BCUT2D eigenvalue weighted by Gasteiger charge is 2.45. The lowest BCUT2D eigenvalue weighted by Crippen LogP contribution is -2.56. The Kier molecular flexibility index (Phi) is 7.06.